The lowest BCUT2D eigenvalue weighted by Crippen LogP contribution is -2.08. The smallest absolute Gasteiger partial charge is 0.119 e. The monoisotopic (exact) mass is 336 g/mol. The Labute approximate surface area is 150 Å². The van der Waals surface area contributed by atoms with E-state index >= 15 is 0 Å². The van der Waals surface area contributed by atoms with Gasteiger partial charge in [-0.15, -0.1) is 0 Å². The number of benzene rings is 2. The zero-order valence-corrected chi connectivity index (χ0v) is 15.5. The van der Waals surface area contributed by atoms with Crippen molar-refractivity contribution in [3.63, 3.8) is 0 Å². The van der Waals surface area contributed by atoms with E-state index in [0.717, 1.165) is 43.7 Å². The second kappa shape index (κ2) is 8.19. The van der Waals surface area contributed by atoms with Crippen molar-refractivity contribution in [2.45, 2.75) is 46.6 Å². The molecule has 3 nitrogen and oxygen atoms in total. The van der Waals surface area contributed by atoms with Crippen molar-refractivity contribution in [1.29, 1.82) is 0 Å². The average Bonchev–Trinajstić information content (AvgIpc) is 2.91. The number of nitrogens with zero attached hydrogens (tertiary/aromatic N) is 2. The van der Waals surface area contributed by atoms with Crippen molar-refractivity contribution < 1.29 is 4.74 Å². The van der Waals surface area contributed by atoms with Gasteiger partial charge >= 0.3 is 0 Å². The van der Waals surface area contributed by atoms with Gasteiger partial charge in [0.05, 0.1) is 17.6 Å². The molecule has 0 N–H and O–H groups in total. The SMILES string of the molecule is Cc1cccc(OCCCCn2c(CC(C)C)nc3ccccc32)c1. The molecule has 0 aliphatic carbocycles. The Morgan fingerprint density at radius 1 is 1.04 bits per heavy atom. The Morgan fingerprint density at radius 3 is 2.68 bits per heavy atom. The first kappa shape index (κ1) is 17.5. The van der Waals surface area contributed by atoms with Gasteiger partial charge in [-0.25, -0.2) is 4.98 Å². The van der Waals surface area contributed by atoms with Gasteiger partial charge in [0, 0.05) is 13.0 Å². The first-order chi connectivity index (χ1) is 12.1. The summed E-state index contributed by atoms with van der Waals surface area (Å²) in [6.07, 6.45) is 3.16. The summed E-state index contributed by atoms with van der Waals surface area (Å²) in [4.78, 5) is 4.84. The first-order valence-electron chi connectivity index (χ1n) is 9.27. The molecule has 25 heavy (non-hydrogen) atoms. The second-order valence-corrected chi connectivity index (χ2v) is 7.14. The van der Waals surface area contributed by atoms with Crippen LogP contribution in [0.3, 0.4) is 0 Å². The Balaban J connectivity index is 1.58. The van der Waals surface area contributed by atoms with Gasteiger partial charge in [0.25, 0.3) is 0 Å². The lowest BCUT2D eigenvalue weighted by molar-refractivity contribution is 0.303. The fourth-order valence-electron chi connectivity index (χ4n) is 3.16. The standard InChI is InChI=1S/C22H28N2O/c1-17(2)15-22-23-20-11-4-5-12-21(20)24(22)13-6-7-14-25-19-10-8-9-18(3)16-19/h4-5,8-12,16-17H,6-7,13-15H2,1-3H3. The highest BCUT2D eigenvalue weighted by Gasteiger charge is 2.11. The fourth-order valence-corrected chi connectivity index (χ4v) is 3.16. The number of hydrogen-bond acceptors (Lipinski definition) is 2. The van der Waals surface area contributed by atoms with Crippen LogP contribution < -0.4 is 4.74 Å². The van der Waals surface area contributed by atoms with Gasteiger partial charge in [-0.1, -0.05) is 38.1 Å². The molecular formula is C22H28N2O. The summed E-state index contributed by atoms with van der Waals surface area (Å²) in [6, 6.07) is 16.7. The third-order valence-electron chi connectivity index (χ3n) is 4.36. The largest absolute Gasteiger partial charge is 0.494 e. The molecule has 3 heteroatoms. The van der Waals surface area contributed by atoms with Crippen LogP contribution in [0.5, 0.6) is 5.75 Å². The van der Waals surface area contributed by atoms with Gasteiger partial charge in [0.15, 0.2) is 0 Å². The van der Waals surface area contributed by atoms with Crippen LogP contribution in [-0.4, -0.2) is 16.2 Å². The van der Waals surface area contributed by atoms with Crippen molar-refractivity contribution in [3.05, 3.63) is 59.9 Å². The predicted octanol–water partition coefficient (Wildman–Crippen LogP) is 5.40. The third-order valence-corrected chi connectivity index (χ3v) is 4.36. The van der Waals surface area contributed by atoms with Crippen molar-refractivity contribution in [3.8, 4) is 5.75 Å². The number of rotatable bonds is 8. The summed E-state index contributed by atoms with van der Waals surface area (Å²) in [7, 11) is 0. The Bertz CT molecular complexity index is 820. The van der Waals surface area contributed by atoms with Crippen LogP contribution in [0.2, 0.25) is 0 Å². The van der Waals surface area contributed by atoms with Crippen molar-refractivity contribution in [2.24, 2.45) is 5.92 Å². The molecule has 0 aliphatic rings. The molecule has 0 spiro atoms. The Morgan fingerprint density at radius 2 is 1.88 bits per heavy atom. The molecule has 1 heterocycles. The number of fused-ring (bicyclic) bond motifs is 1. The van der Waals surface area contributed by atoms with Gasteiger partial charge in [0.2, 0.25) is 0 Å². The van der Waals surface area contributed by atoms with E-state index in [4.69, 9.17) is 9.72 Å². The Hall–Kier alpha value is -2.29. The van der Waals surface area contributed by atoms with E-state index in [1.807, 2.05) is 12.1 Å². The molecule has 3 aromatic rings. The number of unbranched alkanes of at least 4 members (excludes halogenated alkanes) is 1. The maximum Gasteiger partial charge on any atom is 0.119 e. The quantitative estimate of drug-likeness (QED) is 0.515. The highest BCUT2D eigenvalue weighted by Crippen LogP contribution is 2.19. The lowest BCUT2D eigenvalue weighted by Gasteiger charge is -2.11. The van der Waals surface area contributed by atoms with E-state index in [1.54, 1.807) is 0 Å². The summed E-state index contributed by atoms with van der Waals surface area (Å²) in [5.74, 6) is 2.78. The molecule has 0 bridgehead atoms. The molecular weight excluding hydrogens is 308 g/mol. The minimum absolute atomic E-state index is 0.611. The molecule has 0 radical (unpaired) electrons. The van der Waals surface area contributed by atoms with Gasteiger partial charge < -0.3 is 9.30 Å². The highest BCUT2D eigenvalue weighted by atomic mass is 16.5. The molecule has 0 fully saturated rings. The van der Waals surface area contributed by atoms with Crippen LogP contribution in [0, 0.1) is 12.8 Å². The van der Waals surface area contributed by atoms with E-state index in [1.165, 1.54) is 16.9 Å². The van der Waals surface area contributed by atoms with Gasteiger partial charge in [0.1, 0.15) is 11.6 Å². The minimum atomic E-state index is 0.611. The molecule has 0 aliphatic heterocycles. The van der Waals surface area contributed by atoms with Crippen LogP contribution in [0.4, 0.5) is 0 Å². The predicted molar refractivity (Wildman–Crippen MR) is 104 cm³/mol. The number of ether oxygens (including phenoxy) is 1. The van der Waals surface area contributed by atoms with Crippen LogP contribution in [0.15, 0.2) is 48.5 Å². The van der Waals surface area contributed by atoms with Crippen molar-refractivity contribution in [2.75, 3.05) is 6.61 Å². The molecule has 0 saturated heterocycles. The maximum absolute atomic E-state index is 5.86. The zero-order chi connectivity index (χ0) is 17.6. The second-order valence-electron chi connectivity index (χ2n) is 7.14. The van der Waals surface area contributed by atoms with E-state index < -0.39 is 0 Å². The summed E-state index contributed by atoms with van der Waals surface area (Å²) in [6.45, 7) is 8.35. The molecule has 0 amide bonds. The zero-order valence-electron chi connectivity index (χ0n) is 15.5. The number of imidazole rings is 1. The summed E-state index contributed by atoms with van der Waals surface area (Å²) in [5, 5.41) is 0. The van der Waals surface area contributed by atoms with E-state index in [2.05, 4.69) is 61.7 Å². The molecule has 0 saturated carbocycles. The van der Waals surface area contributed by atoms with Gasteiger partial charge in [-0.05, 0) is 55.5 Å². The van der Waals surface area contributed by atoms with Crippen LogP contribution in [0.25, 0.3) is 11.0 Å². The highest BCUT2D eigenvalue weighted by molar-refractivity contribution is 5.75. The molecule has 3 rings (SSSR count). The van der Waals surface area contributed by atoms with E-state index in [-0.39, 0.29) is 0 Å². The number of aryl methyl sites for hydroxylation is 2. The minimum Gasteiger partial charge on any atom is -0.494 e. The molecule has 0 unspecified atom stereocenters. The summed E-state index contributed by atoms with van der Waals surface area (Å²) >= 11 is 0. The normalized spacial score (nSPS) is 11.4. The van der Waals surface area contributed by atoms with Gasteiger partial charge in [-0.3, -0.25) is 0 Å². The molecule has 0 atom stereocenters. The third kappa shape index (κ3) is 4.62. The topological polar surface area (TPSA) is 27.1 Å². The summed E-state index contributed by atoms with van der Waals surface area (Å²) < 4.78 is 8.25. The van der Waals surface area contributed by atoms with Gasteiger partial charge in [-0.2, -0.15) is 0 Å². The van der Waals surface area contributed by atoms with Crippen LogP contribution >= 0.6 is 0 Å². The number of aromatic nitrogens is 2. The number of para-hydroxylation sites is 2. The first-order valence-corrected chi connectivity index (χ1v) is 9.27. The molecule has 1 aromatic heterocycles. The molecule has 2 aromatic carbocycles. The number of hydrogen-bond donors (Lipinski definition) is 0. The lowest BCUT2D eigenvalue weighted by atomic mass is 10.1. The average molecular weight is 336 g/mol. The Kier molecular flexibility index (Phi) is 5.75. The molecule has 132 valence electrons. The maximum atomic E-state index is 5.86. The van der Waals surface area contributed by atoms with Crippen molar-refractivity contribution in [1.82, 2.24) is 9.55 Å². The van der Waals surface area contributed by atoms with Crippen molar-refractivity contribution >= 4 is 11.0 Å². The van der Waals surface area contributed by atoms with Crippen LogP contribution in [-0.2, 0) is 13.0 Å². The van der Waals surface area contributed by atoms with E-state index in [9.17, 15) is 0 Å². The van der Waals surface area contributed by atoms with Crippen LogP contribution in [0.1, 0.15) is 38.1 Å². The fraction of sp³-hybridized carbons (Fsp3) is 0.409. The summed E-state index contributed by atoms with van der Waals surface area (Å²) in [5.41, 5.74) is 3.59. The van der Waals surface area contributed by atoms with E-state index in [0.29, 0.717) is 5.92 Å².